The minimum absolute atomic E-state index is 0. The molecule has 8 heteroatoms. The third kappa shape index (κ3) is 5.37. The standard InChI is InChI=1S/C13H10NS.ClHO4.H2O/c1-2-6-11(7-3-1)12-10-15-13-8-4-5-9-14(12)13;2-1(3,4)5;/h1-10H;(H,2,3,4,5);1H2/q+1;;/p-1. The van der Waals surface area contributed by atoms with Gasteiger partial charge >= 0.3 is 0 Å². The number of hydrogen-bond donors (Lipinski definition) is 0. The highest BCUT2D eigenvalue weighted by molar-refractivity contribution is 7.15. The molecule has 0 aliphatic rings. The van der Waals surface area contributed by atoms with E-state index in [0.29, 0.717) is 0 Å². The molecule has 0 atom stereocenters. The molecule has 21 heavy (non-hydrogen) atoms. The highest BCUT2D eigenvalue weighted by atomic mass is 35.7. The number of nitrogens with zero attached hydrogens (tertiary/aromatic N) is 1. The maximum absolute atomic E-state index is 8.49. The lowest BCUT2D eigenvalue weighted by molar-refractivity contribution is -2.00. The normalized spacial score (nSPS) is 10.5. The van der Waals surface area contributed by atoms with E-state index in [1.54, 1.807) is 11.3 Å². The van der Waals surface area contributed by atoms with Crippen molar-refractivity contribution in [2.75, 3.05) is 0 Å². The molecule has 112 valence electrons. The topological polar surface area (TPSA) is 128 Å². The van der Waals surface area contributed by atoms with Crippen molar-refractivity contribution >= 4 is 16.2 Å². The maximum Gasteiger partial charge on any atom is 0.267 e. The summed E-state index contributed by atoms with van der Waals surface area (Å²) in [6.45, 7) is 0. The van der Waals surface area contributed by atoms with Gasteiger partial charge in [0.25, 0.3) is 4.83 Å². The van der Waals surface area contributed by atoms with Gasteiger partial charge in [-0.15, -0.1) is 10.2 Å². The van der Waals surface area contributed by atoms with Crippen LogP contribution in [-0.4, -0.2) is 5.48 Å². The average molecular weight is 330 g/mol. The molecule has 0 unspecified atom stereocenters. The first-order valence-corrected chi connectivity index (χ1v) is 7.61. The molecule has 0 amide bonds. The van der Waals surface area contributed by atoms with E-state index in [1.165, 1.54) is 16.1 Å². The monoisotopic (exact) mass is 329 g/mol. The zero-order valence-electron chi connectivity index (χ0n) is 10.6. The number of hydrogen-bond acceptors (Lipinski definition) is 5. The molecule has 2 N–H and O–H groups in total. The van der Waals surface area contributed by atoms with Crippen LogP contribution in [0.2, 0.25) is 0 Å². The second-order valence-corrected chi connectivity index (χ2v) is 5.42. The van der Waals surface area contributed by atoms with E-state index in [1.807, 2.05) is 6.07 Å². The summed E-state index contributed by atoms with van der Waals surface area (Å²) >= 11 is 1.77. The summed E-state index contributed by atoms with van der Waals surface area (Å²) in [5.74, 6) is 0. The Bertz CT molecular complexity index is 678. The number of pyridine rings is 1. The van der Waals surface area contributed by atoms with Crippen molar-refractivity contribution in [2.24, 2.45) is 0 Å². The van der Waals surface area contributed by atoms with Gasteiger partial charge in [0.1, 0.15) is 0 Å². The molecular weight excluding hydrogens is 318 g/mol. The third-order valence-corrected chi connectivity index (χ3v) is 3.36. The van der Waals surface area contributed by atoms with Gasteiger partial charge in [-0.3, -0.25) is 0 Å². The number of benzene rings is 1. The number of halogens is 1. The Kier molecular flexibility index (Phi) is 6.19. The van der Waals surface area contributed by atoms with Gasteiger partial charge in [-0.2, -0.15) is 4.40 Å². The average Bonchev–Trinajstić information content (AvgIpc) is 2.81. The van der Waals surface area contributed by atoms with Gasteiger partial charge in [0.15, 0.2) is 6.20 Å². The summed E-state index contributed by atoms with van der Waals surface area (Å²) in [5.41, 5.74) is 2.52. The fourth-order valence-electron chi connectivity index (χ4n) is 1.71. The fraction of sp³-hybridized carbons (Fsp3) is 0. The number of aromatic nitrogens is 1. The second-order valence-electron chi connectivity index (χ2n) is 3.77. The van der Waals surface area contributed by atoms with Crippen LogP contribution in [0, 0.1) is 10.2 Å². The van der Waals surface area contributed by atoms with Crippen LogP contribution in [0.3, 0.4) is 0 Å². The van der Waals surface area contributed by atoms with Gasteiger partial charge < -0.3 is 5.48 Å². The lowest BCUT2D eigenvalue weighted by atomic mass is 10.2. The Balaban J connectivity index is 0.000000324. The number of thiazole rings is 1. The molecule has 2 aromatic heterocycles. The largest absolute Gasteiger partial charge is 0.412 e. The van der Waals surface area contributed by atoms with Crippen LogP contribution >= 0.6 is 11.3 Å². The van der Waals surface area contributed by atoms with E-state index in [9.17, 15) is 0 Å². The summed E-state index contributed by atoms with van der Waals surface area (Å²) in [4.78, 5) is 1.27. The van der Waals surface area contributed by atoms with Crippen LogP contribution in [-0.2, 0) is 0 Å². The van der Waals surface area contributed by atoms with Crippen LogP contribution < -0.4 is 23.0 Å². The smallest absolute Gasteiger partial charge is 0.267 e. The molecule has 2 heterocycles. The van der Waals surface area contributed by atoms with Crippen molar-refractivity contribution in [3.63, 3.8) is 0 Å². The van der Waals surface area contributed by atoms with Crippen molar-refractivity contribution in [1.29, 1.82) is 0 Å². The molecule has 0 saturated carbocycles. The van der Waals surface area contributed by atoms with Gasteiger partial charge in [0, 0.05) is 17.7 Å². The first-order chi connectivity index (χ1) is 9.45. The summed E-state index contributed by atoms with van der Waals surface area (Å²) < 4.78 is 36.2. The zero-order chi connectivity index (χ0) is 14.6. The van der Waals surface area contributed by atoms with Crippen molar-refractivity contribution in [2.45, 2.75) is 0 Å². The predicted molar refractivity (Wildman–Crippen MR) is 66.5 cm³/mol. The van der Waals surface area contributed by atoms with Gasteiger partial charge in [-0.1, -0.05) is 29.5 Å². The van der Waals surface area contributed by atoms with Gasteiger partial charge in [-0.05, 0) is 18.2 Å². The Morgan fingerprint density at radius 2 is 1.43 bits per heavy atom. The van der Waals surface area contributed by atoms with Crippen LogP contribution in [0.25, 0.3) is 16.1 Å². The molecule has 0 saturated heterocycles. The Morgan fingerprint density at radius 1 is 0.857 bits per heavy atom. The minimum atomic E-state index is -4.94. The van der Waals surface area contributed by atoms with E-state index in [0.717, 1.165) is 0 Å². The van der Waals surface area contributed by atoms with E-state index >= 15 is 0 Å². The predicted octanol–water partition coefficient (Wildman–Crippen LogP) is -2.43. The zero-order valence-corrected chi connectivity index (χ0v) is 12.2. The number of rotatable bonds is 1. The van der Waals surface area contributed by atoms with Gasteiger partial charge in [-0.25, -0.2) is 18.6 Å². The van der Waals surface area contributed by atoms with Crippen molar-refractivity contribution in [3.05, 3.63) is 60.1 Å². The van der Waals surface area contributed by atoms with Gasteiger partial charge in [0.05, 0.1) is 5.38 Å². The highest BCUT2D eigenvalue weighted by Crippen LogP contribution is 2.19. The molecule has 0 fully saturated rings. The second kappa shape index (κ2) is 7.43. The molecule has 0 spiro atoms. The molecule has 3 aromatic rings. The number of fused-ring (bicyclic) bond motifs is 1. The SMILES string of the molecule is O.[O-][Cl+3]([O-])([O-])[O-].c1ccc(-c2csc3cccc[n+]23)cc1. The van der Waals surface area contributed by atoms with Crippen molar-refractivity contribution < 1.29 is 38.8 Å². The van der Waals surface area contributed by atoms with Crippen LogP contribution in [0.5, 0.6) is 0 Å². The van der Waals surface area contributed by atoms with E-state index in [2.05, 4.69) is 58.4 Å². The quantitative estimate of drug-likeness (QED) is 0.460. The molecule has 0 bridgehead atoms. The van der Waals surface area contributed by atoms with Crippen LogP contribution in [0.1, 0.15) is 0 Å². The Hall–Kier alpha value is -1.58. The van der Waals surface area contributed by atoms with Crippen molar-refractivity contribution in [3.8, 4) is 11.3 Å². The molecule has 1 aromatic carbocycles. The third-order valence-electron chi connectivity index (χ3n) is 2.44. The Morgan fingerprint density at radius 3 is 2.05 bits per heavy atom. The van der Waals surface area contributed by atoms with E-state index in [4.69, 9.17) is 18.6 Å². The minimum Gasteiger partial charge on any atom is -0.412 e. The lowest BCUT2D eigenvalue weighted by Gasteiger charge is -2.17. The molecule has 6 nitrogen and oxygen atoms in total. The first kappa shape index (κ1) is 17.5. The van der Waals surface area contributed by atoms with Gasteiger partial charge in [0.2, 0.25) is 5.69 Å². The summed E-state index contributed by atoms with van der Waals surface area (Å²) in [5, 5.41) is 2.20. The molecule has 0 radical (unpaired) electrons. The molecule has 3 rings (SSSR count). The summed E-state index contributed by atoms with van der Waals surface area (Å²) in [6.07, 6.45) is 2.11. The van der Waals surface area contributed by atoms with E-state index in [-0.39, 0.29) is 5.48 Å². The first-order valence-electron chi connectivity index (χ1n) is 5.50. The van der Waals surface area contributed by atoms with Crippen molar-refractivity contribution in [1.82, 2.24) is 0 Å². The molecular formula is C13H12ClNO5S. The fourth-order valence-corrected chi connectivity index (χ4v) is 2.62. The highest BCUT2D eigenvalue weighted by Gasteiger charge is 2.13. The summed E-state index contributed by atoms with van der Waals surface area (Å²) in [6, 6.07) is 16.7. The van der Waals surface area contributed by atoms with E-state index < -0.39 is 10.2 Å². The van der Waals surface area contributed by atoms with Crippen LogP contribution in [0.15, 0.2) is 60.1 Å². The molecule has 0 aliphatic carbocycles. The Labute approximate surface area is 126 Å². The summed E-state index contributed by atoms with van der Waals surface area (Å²) in [7, 11) is -4.94. The lowest BCUT2D eigenvalue weighted by Crippen LogP contribution is -2.68. The molecule has 0 aliphatic heterocycles. The van der Waals surface area contributed by atoms with Crippen LogP contribution in [0.4, 0.5) is 0 Å². The maximum atomic E-state index is 8.49.